The molecular weight excluding hydrogens is 264 g/mol. The third kappa shape index (κ3) is 3.08. The van der Waals surface area contributed by atoms with Crippen molar-refractivity contribution in [3.63, 3.8) is 0 Å². The van der Waals surface area contributed by atoms with Crippen molar-refractivity contribution >= 4 is 5.69 Å². The first-order valence-electron chi connectivity index (χ1n) is 7.52. The summed E-state index contributed by atoms with van der Waals surface area (Å²) >= 11 is 0. The Morgan fingerprint density at radius 3 is 2.52 bits per heavy atom. The molecule has 2 aromatic rings. The van der Waals surface area contributed by atoms with Gasteiger partial charge in [-0.05, 0) is 37.1 Å². The smallest absolute Gasteiger partial charge is 0.158 e. The lowest BCUT2D eigenvalue weighted by Crippen LogP contribution is -2.17. The summed E-state index contributed by atoms with van der Waals surface area (Å²) in [4.78, 5) is 7.04. The number of aromatic nitrogens is 3. The van der Waals surface area contributed by atoms with E-state index in [2.05, 4.69) is 39.2 Å². The van der Waals surface area contributed by atoms with Crippen LogP contribution in [-0.2, 0) is 18.2 Å². The molecule has 1 aliphatic rings. The average molecular weight is 286 g/mol. The van der Waals surface area contributed by atoms with Crippen molar-refractivity contribution in [3.8, 4) is 11.4 Å². The van der Waals surface area contributed by atoms with Gasteiger partial charge in [-0.25, -0.2) is 9.67 Å². The second-order valence-corrected chi connectivity index (χ2v) is 5.46. The Morgan fingerprint density at radius 2 is 1.86 bits per heavy atom. The van der Waals surface area contributed by atoms with Gasteiger partial charge >= 0.3 is 0 Å². The van der Waals surface area contributed by atoms with Crippen LogP contribution in [0.4, 0.5) is 5.69 Å². The lowest BCUT2D eigenvalue weighted by atomic mass is 10.2. The molecule has 0 bridgehead atoms. The summed E-state index contributed by atoms with van der Waals surface area (Å²) in [6.45, 7) is 2.99. The summed E-state index contributed by atoms with van der Waals surface area (Å²) in [7, 11) is 3.63. The van der Waals surface area contributed by atoms with E-state index in [1.54, 1.807) is 7.11 Å². The Balaban J connectivity index is 1.78. The number of hydrogen-bond donors (Lipinski definition) is 0. The number of ether oxygens (including phenoxy) is 1. The minimum atomic E-state index is 0.650. The molecule has 0 spiro atoms. The van der Waals surface area contributed by atoms with Crippen molar-refractivity contribution in [1.29, 1.82) is 0 Å². The van der Waals surface area contributed by atoms with Gasteiger partial charge in [0.15, 0.2) is 11.6 Å². The van der Waals surface area contributed by atoms with Crippen molar-refractivity contribution in [3.05, 3.63) is 30.1 Å². The van der Waals surface area contributed by atoms with E-state index in [9.17, 15) is 0 Å². The quantitative estimate of drug-likeness (QED) is 0.845. The predicted octanol–water partition coefficient (Wildman–Crippen LogP) is 2.27. The van der Waals surface area contributed by atoms with Gasteiger partial charge in [0.2, 0.25) is 0 Å². The number of methoxy groups -OCH3 is 1. The van der Waals surface area contributed by atoms with Gasteiger partial charge in [0, 0.05) is 44.9 Å². The fourth-order valence-corrected chi connectivity index (χ4v) is 2.78. The third-order valence-corrected chi connectivity index (χ3v) is 3.93. The number of nitrogens with zero attached hydrogens (tertiary/aromatic N) is 4. The lowest BCUT2D eigenvalue weighted by Gasteiger charge is -2.17. The normalized spacial score (nSPS) is 14.9. The minimum absolute atomic E-state index is 0.650. The van der Waals surface area contributed by atoms with E-state index in [0.717, 1.165) is 23.6 Å². The molecule has 3 rings (SSSR count). The molecular formula is C16H22N4O. The minimum Gasteiger partial charge on any atom is -0.384 e. The number of anilines is 1. The highest BCUT2D eigenvalue weighted by molar-refractivity contribution is 5.60. The zero-order valence-electron chi connectivity index (χ0n) is 12.7. The summed E-state index contributed by atoms with van der Waals surface area (Å²) < 4.78 is 6.92. The van der Waals surface area contributed by atoms with Crippen LogP contribution in [0.15, 0.2) is 24.3 Å². The molecule has 21 heavy (non-hydrogen) atoms. The summed E-state index contributed by atoms with van der Waals surface area (Å²) in [5.41, 5.74) is 2.41. The third-order valence-electron chi connectivity index (χ3n) is 3.93. The van der Waals surface area contributed by atoms with Crippen LogP contribution in [0.25, 0.3) is 11.4 Å². The topological polar surface area (TPSA) is 43.2 Å². The number of rotatable bonds is 5. The predicted molar refractivity (Wildman–Crippen MR) is 83.5 cm³/mol. The number of benzene rings is 1. The fraction of sp³-hybridized carbons (Fsp3) is 0.500. The SMILES string of the molecule is COCCc1nc(-c2ccc(N3CCCC3)cc2)n(C)n1. The van der Waals surface area contributed by atoms with Crippen LogP contribution in [-0.4, -0.2) is 41.6 Å². The van der Waals surface area contributed by atoms with Crippen molar-refractivity contribution in [2.75, 3.05) is 31.7 Å². The Hall–Kier alpha value is -1.88. The van der Waals surface area contributed by atoms with Crippen molar-refractivity contribution in [2.24, 2.45) is 7.05 Å². The maximum absolute atomic E-state index is 5.08. The van der Waals surface area contributed by atoms with E-state index in [0.29, 0.717) is 6.61 Å². The van der Waals surface area contributed by atoms with Crippen molar-refractivity contribution in [1.82, 2.24) is 14.8 Å². The van der Waals surface area contributed by atoms with Gasteiger partial charge in [-0.1, -0.05) is 0 Å². The van der Waals surface area contributed by atoms with Crippen LogP contribution < -0.4 is 4.90 Å². The first-order valence-corrected chi connectivity index (χ1v) is 7.52. The largest absolute Gasteiger partial charge is 0.384 e. The molecule has 2 heterocycles. The molecule has 1 saturated heterocycles. The van der Waals surface area contributed by atoms with Gasteiger partial charge in [-0.15, -0.1) is 0 Å². The maximum atomic E-state index is 5.08. The second kappa shape index (κ2) is 6.26. The molecule has 1 aromatic heterocycles. The highest BCUT2D eigenvalue weighted by Crippen LogP contribution is 2.24. The van der Waals surface area contributed by atoms with Crippen molar-refractivity contribution < 1.29 is 4.74 Å². The Labute approximate surface area is 125 Å². The molecule has 0 N–H and O–H groups in total. The Morgan fingerprint density at radius 1 is 1.14 bits per heavy atom. The van der Waals surface area contributed by atoms with Crippen LogP contribution in [0.1, 0.15) is 18.7 Å². The molecule has 112 valence electrons. The van der Waals surface area contributed by atoms with Crippen LogP contribution in [0.5, 0.6) is 0 Å². The van der Waals surface area contributed by atoms with E-state index in [1.807, 2.05) is 11.7 Å². The molecule has 0 saturated carbocycles. The molecule has 0 amide bonds. The highest BCUT2D eigenvalue weighted by Gasteiger charge is 2.13. The Kier molecular flexibility index (Phi) is 4.20. The summed E-state index contributed by atoms with van der Waals surface area (Å²) in [6.07, 6.45) is 3.35. The van der Waals surface area contributed by atoms with E-state index in [1.165, 1.54) is 31.6 Å². The highest BCUT2D eigenvalue weighted by atomic mass is 16.5. The summed E-state index contributed by atoms with van der Waals surface area (Å²) in [6, 6.07) is 8.64. The molecule has 1 aromatic carbocycles. The van der Waals surface area contributed by atoms with Gasteiger partial charge < -0.3 is 9.64 Å². The monoisotopic (exact) mass is 286 g/mol. The molecule has 0 aliphatic carbocycles. The van der Waals surface area contributed by atoms with E-state index < -0.39 is 0 Å². The van der Waals surface area contributed by atoms with Gasteiger partial charge in [-0.2, -0.15) is 5.10 Å². The summed E-state index contributed by atoms with van der Waals surface area (Å²) in [5, 5.41) is 4.44. The molecule has 1 fully saturated rings. The van der Waals surface area contributed by atoms with Gasteiger partial charge in [0.25, 0.3) is 0 Å². The van der Waals surface area contributed by atoms with E-state index >= 15 is 0 Å². The van der Waals surface area contributed by atoms with E-state index in [-0.39, 0.29) is 0 Å². The first kappa shape index (κ1) is 14.1. The van der Waals surface area contributed by atoms with Crippen LogP contribution >= 0.6 is 0 Å². The van der Waals surface area contributed by atoms with Gasteiger partial charge in [0.1, 0.15) is 0 Å². The molecule has 1 aliphatic heterocycles. The molecule has 5 nitrogen and oxygen atoms in total. The zero-order valence-corrected chi connectivity index (χ0v) is 12.7. The second-order valence-electron chi connectivity index (χ2n) is 5.46. The van der Waals surface area contributed by atoms with Crippen LogP contribution in [0.2, 0.25) is 0 Å². The lowest BCUT2D eigenvalue weighted by molar-refractivity contribution is 0.200. The standard InChI is InChI=1S/C16H22N4O/c1-19-16(17-15(18-19)9-12-21-2)13-5-7-14(8-6-13)20-10-3-4-11-20/h5-8H,3-4,9-12H2,1-2H3. The van der Waals surface area contributed by atoms with Gasteiger partial charge in [-0.3, -0.25) is 0 Å². The van der Waals surface area contributed by atoms with Gasteiger partial charge in [0.05, 0.1) is 6.61 Å². The molecule has 0 atom stereocenters. The van der Waals surface area contributed by atoms with Crippen LogP contribution in [0.3, 0.4) is 0 Å². The molecule has 0 unspecified atom stereocenters. The average Bonchev–Trinajstić information content (AvgIpc) is 3.15. The molecule has 0 radical (unpaired) electrons. The fourth-order valence-electron chi connectivity index (χ4n) is 2.78. The van der Waals surface area contributed by atoms with Crippen molar-refractivity contribution in [2.45, 2.75) is 19.3 Å². The number of aryl methyl sites for hydroxylation is 1. The summed E-state index contributed by atoms with van der Waals surface area (Å²) in [5.74, 6) is 1.74. The van der Waals surface area contributed by atoms with Crippen LogP contribution in [0, 0.1) is 0 Å². The Bertz CT molecular complexity index is 585. The zero-order chi connectivity index (χ0) is 14.7. The maximum Gasteiger partial charge on any atom is 0.158 e. The number of hydrogen-bond acceptors (Lipinski definition) is 4. The first-order chi connectivity index (χ1) is 10.3. The van der Waals surface area contributed by atoms with E-state index in [4.69, 9.17) is 4.74 Å². The molecule has 5 heteroatoms.